The number of halogens is 1. The van der Waals surface area contributed by atoms with Gasteiger partial charge in [-0.05, 0) is 50.6 Å². The lowest BCUT2D eigenvalue weighted by Crippen LogP contribution is -2.33. The molecule has 0 amide bonds. The molecule has 0 aliphatic rings. The second-order valence-corrected chi connectivity index (χ2v) is 5.94. The van der Waals surface area contributed by atoms with Crippen molar-refractivity contribution in [1.29, 1.82) is 0 Å². The average Bonchev–Trinajstić information content (AvgIpc) is 2.42. The number of hydrogen-bond donors (Lipinski definition) is 2. The lowest BCUT2D eigenvalue weighted by molar-refractivity contribution is 0.270. The Hall–Kier alpha value is -0.580. The molecule has 3 nitrogen and oxygen atoms in total. The number of likely N-dealkylation sites (N-methyl/N-ethyl adjacent to an activating group) is 1. The zero-order valence-corrected chi connectivity index (χ0v) is 13.9. The average molecular weight is 329 g/mol. The van der Waals surface area contributed by atoms with Crippen LogP contribution in [0.4, 0.5) is 5.69 Å². The van der Waals surface area contributed by atoms with E-state index in [-0.39, 0.29) is 12.6 Å². The van der Waals surface area contributed by atoms with Crippen LogP contribution in [-0.4, -0.2) is 31.3 Å². The van der Waals surface area contributed by atoms with Crippen molar-refractivity contribution >= 4 is 21.6 Å². The maximum absolute atomic E-state index is 9.33. The van der Waals surface area contributed by atoms with Gasteiger partial charge in [-0.3, -0.25) is 0 Å². The van der Waals surface area contributed by atoms with Crippen LogP contribution in [0.3, 0.4) is 0 Å². The predicted molar refractivity (Wildman–Crippen MR) is 85.8 cm³/mol. The number of aliphatic hydroxyl groups excluding tert-OH is 1. The van der Waals surface area contributed by atoms with E-state index in [0.29, 0.717) is 6.04 Å². The Labute approximate surface area is 125 Å². The number of aliphatic hydroxyl groups is 1. The lowest BCUT2D eigenvalue weighted by atomic mass is 10.0. The normalized spacial score (nSPS) is 14.2. The molecule has 1 rings (SSSR count). The van der Waals surface area contributed by atoms with Gasteiger partial charge in [0, 0.05) is 29.3 Å². The molecule has 0 spiro atoms. The summed E-state index contributed by atoms with van der Waals surface area (Å²) < 4.78 is 1.08. The third kappa shape index (κ3) is 4.48. The highest BCUT2D eigenvalue weighted by atomic mass is 79.9. The third-order valence-corrected chi connectivity index (χ3v) is 3.96. The van der Waals surface area contributed by atoms with Crippen molar-refractivity contribution in [3.8, 4) is 0 Å². The van der Waals surface area contributed by atoms with Gasteiger partial charge >= 0.3 is 0 Å². The predicted octanol–water partition coefficient (Wildman–Crippen LogP) is 3.33. The Morgan fingerprint density at radius 1 is 1.37 bits per heavy atom. The SMILES string of the molecule is CCCNC(C)c1cc(Br)ccc1N(C)C(C)CO. The van der Waals surface area contributed by atoms with Crippen molar-refractivity contribution < 1.29 is 5.11 Å². The number of anilines is 1. The van der Waals surface area contributed by atoms with Crippen LogP contribution >= 0.6 is 15.9 Å². The molecule has 1 aromatic rings. The number of benzene rings is 1. The van der Waals surface area contributed by atoms with E-state index < -0.39 is 0 Å². The van der Waals surface area contributed by atoms with Crippen LogP contribution in [0.2, 0.25) is 0 Å². The molecule has 2 atom stereocenters. The molecule has 0 radical (unpaired) electrons. The maximum atomic E-state index is 9.33. The molecule has 0 saturated carbocycles. The first-order valence-electron chi connectivity index (χ1n) is 6.87. The first-order chi connectivity index (χ1) is 9.01. The first-order valence-corrected chi connectivity index (χ1v) is 7.67. The van der Waals surface area contributed by atoms with Crippen LogP contribution in [0, 0.1) is 0 Å². The monoisotopic (exact) mass is 328 g/mol. The van der Waals surface area contributed by atoms with E-state index in [1.165, 1.54) is 11.3 Å². The molecular weight excluding hydrogens is 304 g/mol. The molecule has 0 aromatic heterocycles. The van der Waals surface area contributed by atoms with E-state index in [9.17, 15) is 5.11 Å². The highest BCUT2D eigenvalue weighted by Crippen LogP contribution is 2.30. The zero-order chi connectivity index (χ0) is 14.4. The molecule has 0 fully saturated rings. The minimum Gasteiger partial charge on any atom is -0.394 e. The summed E-state index contributed by atoms with van der Waals surface area (Å²) in [5.74, 6) is 0. The number of rotatable bonds is 7. The summed E-state index contributed by atoms with van der Waals surface area (Å²) in [6.45, 7) is 7.53. The van der Waals surface area contributed by atoms with Crippen molar-refractivity contribution in [3.05, 3.63) is 28.2 Å². The minimum atomic E-state index is 0.110. The van der Waals surface area contributed by atoms with E-state index in [1.807, 2.05) is 20.0 Å². The van der Waals surface area contributed by atoms with Gasteiger partial charge in [0.1, 0.15) is 0 Å². The molecule has 1 aromatic carbocycles. The van der Waals surface area contributed by atoms with Gasteiger partial charge in [-0.15, -0.1) is 0 Å². The molecular formula is C15H25BrN2O. The number of hydrogen-bond acceptors (Lipinski definition) is 3. The molecule has 0 aliphatic carbocycles. The minimum absolute atomic E-state index is 0.110. The van der Waals surface area contributed by atoms with Crippen molar-refractivity contribution in [1.82, 2.24) is 5.32 Å². The van der Waals surface area contributed by atoms with Gasteiger partial charge in [0.05, 0.1) is 6.61 Å². The summed E-state index contributed by atoms with van der Waals surface area (Å²) in [6, 6.07) is 6.71. The summed E-state index contributed by atoms with van der Waals surface area (Å²) in [5.41, 5.74) is 2.42. The summed E-state index contributed by atoms with van der Waals surface area (Å²) in [4.78, 5) is 2.13. The quantitative estimate of drug-likeness (QED) is 0.805. The fourth-order valence-electron chi connectivity index (χ4n) is 2.02. The van der Waals surface area contributed by atoms with Gasteiger partial charge in [0.2, 0.25) is 0 Å². The first kappa shape index (κ1) is 16.5. The fourth-order valence-corrected chi connectivity index (χ4v) is 2.40. The Morgan fingerprint density at radius 3 is 2.63 bits per heavy atom. The van der Waals surface area contributed by atoms with Gasteiger partial charge < -0.3 is 15.3 Å². The highest BCUT2D eigenvalue weighted by Gasteiger charge is 2.16. The van der Waals surface area contributed by atoms with Crippen molar-refractivity contribution in [3.63, 3.8) is 0 Å². The summed E-state index contributed by atoms with van der Waals surface area (Å²) >= 11 is 3.54. The lowest BCUT2D eigenvalue weighted by Gasteiger charge is -2.30. The van der Waals surface area contributed by atoms with Gasteiger partial charge in [0.15, 0.2) is 0 Å². The molecule has 2 N–H and O–H groups in total. The van der Waals surface area contributed by atoms with Crippen molar-refractivity contribution in [2.75, 3.05) is 25.1 Å². The van der Waals surface area contributed by atoms with Crippen LogP contribution in [0.15, 0.2) is 22.7 Å². The topological polar surface area (TPSA) is 35.5 Å². The van der Waals surface area contributed by atoms with Crippen LogP contribution < -0.4 is 10.2 Å². The van der Waals surface area contributed by atoms with Gasteiger partial charge in [0.25, 0.3) is 0 Å². The molecule has 0 aliphatic heterocycles. The Bertz CT molecular complexity index is 398. The summed E-state index contributed by atoms with van der Waals surface area (Å²) in [7, 11) is 2.03. The van der Waals surface area contributed by atoms with Crippen LogP contribution in [0.1, 0.15) is 38.8 Å². The van der Waals surface area contributed by atoms with Crippen LogP contribution in [0.25, 0.3) is 0 Å². The van der Waals surface area contributed by atoms with E-state index in [4.69, 9.17) is 0 Å². The van der Waals surface area contributed by atoms with E-state index in [1.54, 1.807) is 0 Å². The van der Waals surface area contributed by atoms with Gasteiger partial charge in [-0.1, -0.05) is 22.9 Å². The van der Waals surface area contributed by atoms with E-state index in [0.717, 1.165) is 17.4 Å². The van der Waals surface area contributed by atoms with Crippen molar-refractivity contribution in [2.45, 2.75) is 39.3 Å². The molecule has 0 bridgehead atoms. The zero-order valence-electron chi connectivity index (χ0n) is 12.3. The highest BCUT2D eigenvalue weighted by molar-refractivity contribution is 9.10. The standard InChI is InChI=1S/C15H25BrN2O/c1-5-8-17-12(3)14-9-13(16)6-7-15(14)18(4)11(2)10-19/h6-7,9,11-12,17,19H,5,8,10H2,1-4H3. The molecule has 0 heterocycles. The van der Waals surface area contributed by atoms with Crippen LogP contribution in [-0.2, 0) is 0 Å². The molecule has 19 heavy (non-hydrogen) atoms. The Balaban J connectivity index is 3.03. The second-order valence-electron chi connectivity index (χ2n) is 5.02. The van der Waals surface area contributed by atoms with Gasteiger partial charge in [-0.25, -0.2) is 0 Å². The molecule has 108 valence electrons. The van der Waals surface area contributed by atoms with Crippen LogP contribution in [0.5, 0.6) is 0 Å². The Kier molecular flexibility index (Phi) is 6.83. The molecule has 0 saturated heterocycles. The maximum Gasteiger partial charge on any atom is 0.0632 e. The second kappa shape index (κ2) is 7.88. The summed E-state index contributed by atoms with van der Waals surface area (Å²) in [5, 5.41) is 12.8. The van der Waals surface area contributed by atoms with Crippen molar-refractivity contribution in [2.24, 2.45) is 0 Å². The molecule has 2 unspecified atom stereocenters. The third-order valence-electron chi connectivity index (χ3n) is 3.46. The van der Waals surface area contributed by atoms with E-state index in [2.05, 4.69) is 52.1 Å². The largest absolute Gasteiger partial charge is 0.394 e. The summed E-state index contributed by atoms with van der Waals surface area (Å²) in [6.07, 6.45) is 1.12. The fraction of sp³-hybridized carbons (Fsp3) is 0.600. The number of nitrogens with one attached hydrogen (secondary N) is 1. The van der Waals surface area contributed by atoms with E-state index >= 15 is 0 Å². The smallest absolute Gasteiger partial charge is 0.0632 e. The van der Waals surface area contributed by atoms with Gasteiger partial charge in [-0.2, -0.15) is 0 Å². The molecule has 4 heteroatoms. The Morgan fingerprint density at radius 2 is 2.05 bits per heavy atom. The number of nitrogens with zero attached hydrogens (tertiary/aromatic N) is 1.